The number of rotatable bonds is 5. The van der Waals surface area contributed by atoms with Crippen molar-refractivity contribution in [2.75, 3.05) is 44.2 Å². The van der Waals surface area contributed by atoms with Gasteiger partial charge in [-0.15, -0.1) is 0 Å². The molecule has 8 heteroatoms. The molecule has 0 unspecified atom stereocenters. The number of nitrogens with zero attached hydrogens (tertiary/aromatic N) is 4. The van der Waals surface area contributed by atoms with Crippen LogP contribution in [-0.2, 0) is 11.2 Å². The van der Waals surface area contributed by atoms with Crippen molar-refractivity contribution in [3.05, 3.63) is 101 Å². The zero-order chi connectivity index (χ0) is 26.5. The van der Waals surface area contributed by atoms with Crippen LogP contribution in [0, 0.1) is 0 Å². The third-order valence-corrected chi connectivity index (χ3v) is 8.67. The maximum Gasteiger partial charge on any atom is 0.328 e. The van der Waals surface area contributed by atoms with Crippen molar-refractivity contribution in [3.63, 3.8) is 0 Å². The van der Waals surface area contributed by atoms with E-state index in [9.17, 15) is 9.59 Å². The molecule has 0 aliphatic carbocycles. The lowest BCUT2D eigenvalue weighted by Gasteiger charge is -2.37. The van der Waals surface area contributed by atoms with E-state index in [0.717, 1.165) is 64.6 Å². The number of nitrogens with one attached hydrogen (secondary N) is 1. The van der Waals surface area contributed by atoms with Crippen LogP contribution in [0.3, 0.4) is 0 Å². The van der Waals surface area contributed by atoms with Crippen LogP contribution in [0.25, 0.3) is 10.9 Å². The number of para-hydroxylation sites is 1. The second-order valence-electron chi connectivity index (χ2n) is 10.6. The van der Waals surface area contributed by atoms with Crippen molar-refractivity contribution in [1.82, 2.24) is 19.7 Å². The van der Waals surface area contributed by atoms with Crippen LogP contribution in [0.15, 0.2) is 78.9 Å². The molecule has 0 saturated carbocycles. The fourth-order valence-corrected chi connectivity index (χ4v) is 6.65. The van der Waals surface area contributed by atoms with E-state index in [1.54, 1.807) is 0 Å². The third-order valence-electron chi connectivity index (χ3n) is 8.44. The lowest BCUT2D eigenvalue weighted by Crippen LogP contribution is -2.49. The quantitative estimate of drug-likeness (QED) is 0.366. The summed E-state index contributed by atoms with van der Waals surface area (Å²) in [6.07, 6.45) is 0.530. The number of urea groups is 1. The molecule has 7 rings (SSSR count). The summed E-state index contributed by atoms with van der Waals surface area (Å²) in [6, 6.07) is 25.2. The Kier molecular flexibility index (Phi) is 6.05. The maximum absolute atomic E-state index is 13.9. The maximum atomic E-state index is 13.9. The summed E-state index contributed by atoms with van der Waals surface area (Å²) in [5.41, 5.74) is 5.33. The average Bonchev–Trinajstić information content (AvgIpc) is 3.46. The van der Waals surface area contributed by atoms with Gasteiger partial charge in [0.1, 0.15) is 12.1 Å². The Morgan fingerprint density at radius 3 is 2.41 bits per heavy atom. The number of halogens is 1. The van der Waals surface area contributed by atoms with Gasteiger partial charge < -0.3 is 9.88 Å². The average molecular weight is 540 g/mol. The van der Waals surface area contributed by atoms with E-state index in [0.29, 0.717) is 19.5 Å². The van der Waals surface area contributed by atoms with E-state index < -0.39 is 6.04 Å². The van der Waals surface area contributed by atoms with Crippen molar-refractivity contribution in [2.24, 2.45) is 0 Å². The molecule has 2 fully saturated rings. The predicted octanol–water partition coefficient (Wildman–Crippen LogP) is 4.92. The number of aromatic amines is 1. The van der Waals surface area contributed by atoms with Gasteiger partial charge in [-0.25, -0.2) is 4.79 Å². The molecule has 3 amide bonds. The molecule has 0 radical (unpaired) electrons. The van der Waals surface area contributed by atoms with Gasteiger partial charge in [-0.05, 0) is 35.4 Å². The Morgan fingerprint density at radius 1 is 0.846 bits per heavy atom. The smallest absolute Gasteiger partial charge is 0.328 e. The number of aromatic nitrogens is 1. The summed E-state index contributed by atoms with van der Waals surface area (Å²) in [4.78, 5) is 39.2. The summed E-state index contributed by atoms with van der Waals surface area (Å²) in [7, 11) is 0. The molecule has 4 aromatic rings. The topological polar surface area (TPSA) is 62.9 Å². The molecule has 3 aliphatic heterocycles. The molecular formula is C31H30ClN5O2. The van der Waals surface area contributed by atoms with Crippen LogP contribution in [-0.4, -0.2) is 76.9 Å². The van der Waals surface area contributed by atoms with Crippen molar-refractivity contribution < 1.29 is 9.59 Å². The SMILES string of the molecule is O=C1[C@H]2Cc3c([nH]c4ccccc34)[C@H](c3ccccc3)N2C(=O)N1CCN1CCN(c2cccc(Cl)c2)CC1. The number of carbonyl (C=O) groups excluding carboxylic acids is 2. The van der Waals surface area contributed by atoms with Crippen LogP contribution in [0.4, 0.5) is 10.5 Å². The Morgan fingerprint density at radius 2 is 1.62 bits per heavy atom. The number of piperazine rings is 1. The van der Waals surface area contributed by atoms with Gasteiger partial charge in [-0.2, -0.15) is 0 Å². The van der Waals surface area contributed by atoms with Crippen molar-refractivity contribution in [3.8, 4) is 0 Å². The molecule has 39 heavy (non-hydrogen) atoms. The van der Waals surface area contributed by atoms with E-state index in [1.165, 1.54) is 4.90 Å². The first-order chi connectivity index (χ1) is 19.1. The molecule has 198 valence electrons. The zero-order valence-corrected chi connectivity index (χ0v) is 22.3. The summed E-state index contributed by atoms with van der Waals surface area (Å²) in [5.74, 6) is -0.0885. The number of benzene rings is 3. The molecule has 0 spiro atoms. The first-order valence-corrected chi connectivity index (χ1v) is 14.0. The van der Waals surface area contributed by atoms with Crippen LogP contribution >= 0.6 is 11.6 Å². The van der Waals surface area contributed by atoms with Crippen LogP contribution in [0.5, 0.6) is 0 Å². The summed E-state index contributed by atoms with van der Waals surface area (Å²) in [6.45, 7) is 4.59. The molecule has 4 heterocycles. The Hall–Kier alpha value is -3.81. The summed E-state index contributed by atoms with van der Waals surface area (Å²) in [5, 5.41) is 1.87. The molecule has 3 aromatic carbocycles. The van der Waals surface area contributed by atoms with Crippen LogP contribution in [0.1, 0.15) is 22.9 Å². The standard InChI is InChI=1S/C31H30ClN5O2/c32-22-9-6-10-23(19-22)35-16-13-34(14-17-35)15-18-36-30(38)27-20-25-24-11-4-5-12-26(24)33-28(25)29(37(27)31(36)39)21-7-2-1-3-8-21/h1-12,19,27,29,33H,13-18,20H2/t27-,29+/m1/s1. The Labute approximate surface area is 232 Å². The van der Waals surface area contributed by atoms with E-state index in [2.05, 4.69) is 33.0 Å². The molecule has 7 nitrogen and oxygen atoms in total. The van der Waals surface area contributed by atoms with Gasteiger partial charge >= 0.3 is 6.03 Å². The highest BCUT2D eigenvalue weighted by atomic mass is 35.5. The second-order valence-corrected chi connectivity index (χ2v) is 11.0. The number of H-pyrrole nitrogens is 1. The Bertz CT molecular complexity index is 1550. The molecule has 2 saturated heterocycles. The minimum Gasteiger partial charge on any atom is -0.369 e. The van der Waals surface area contributed by atoms with Gasteiger partial charge in [0.2, 0.25) is 0 Å². The molecule has 0 bridgehead atoms. The van der Waals surface area contributed by atoms with E-state index in [-0.39, 0.29) is 18.0 Å². The molecule has 3 aliphatic rings. The molecule has 1 N–H and O–H groups in total. The monoisotopic (exact) mass is 539 g/mol. The van der Waals surface area contributed by atoms with Crippen molar-refractivity contribution in [1.29, 1.82) is 0 Å². The lowest BCUT2D eigenvalue weighted by molar-refractivity contribution is -0.128. The number of fused-ring (bicyclic) bond motifs is 4. The first-order valence-electron chi connectivity index (χ1n) is 13.6. The highest BCUT2D eigenvalue weighted by Crippen LogP contribution is 2.43. The molecule has 2 atom stereocenters. The van der Waals surface area contributed by atoms with Crippen LogP contribution in [0.2, 0.25) is 5.02 Å². The number of hydrogen-bond donors (Lipinski definition) is 1. The van der Waals surface area contributed by atoms with Crippen molar-refractivity contribution >= 4 is 40.1 Å². The van der Waals surface area contributed by atoms with Gasteiger partial charge in [0.15, 0.2) is 0 Å². The van der Waals surface area contributed by atoms with E-state index in [4.69, 9.17) is 11.6 Å². The van der Waals surface area contributed by atoms with E-state index >= 15 is 0 Å². The first kappa shape index (κ1) is 24.2. The predicted molar refractivity (Wildman–Crippen MR) is 153 cm³/mol. The van der Waals surface area contributed by atoms with Gasteiger partial charge in [0.25, 0.3) is 5.91 Å². The molecular weight excluding hydrogens is 510 g/mol. The van der Waals surface area contributed by atoms with Crippen molar-refractivity contribution in [2.45, 2.75) is 18.5 Å². The minimum absolute atomic E-state index is 0.0885. The highest BCUT2D eigenvalue weighted by molar-refractivity contribution is 6.30. The number of amides is 3. The Balaban J connectivity index is 1.10. The highest BCUT2D eigenvalue weighted by Gasteiger charge is 2.52. The fraction of sp³-hybridized carbons (Fsp3) is 0.290. The second kappa shape index (κ2) is 9.74. The van der Waals surface area contributed by atoms with Crippen LogP contribution < -0.4 is 4.90 Å². The normalized spacial score (nSPS) is 21.5. The van der Waals surface area contributed by atoms with Gasteiger partial charge in [0, 0.05) is 73.0 Å². The van der Waals surface area contributed by atoms with Gasteiger partial charge in [-0.1, -0.05) is 66.2 Å². The van der Waals surface area contributed by atoms with Gasteiger partial charge in [0.05, 0.1) is 0 Å². The fourth-order valence-electron chi connectivity index (χ4n) is 6.46. The minimum atomic E-state index is -0.492. The summed E-state index contributed by atoms with van der Waals surface area (Å²) < 4.78 is 0. The van der Waals surface area contributed by atoms with E-state index in [1.807, 2.05) is 65.6 Å². The summed E-state index contributed by atoms with van der Waals surface area (Å²) >= 11 is 6.18. The largest absolute Gasteiger partial charge is 0.369 e. The zero-order valence-electron chi connectivity index (χ0n) is 21.6. The number of carbonyl (C=O) groups is 2. The number of hydrogen-bond acceptors (Lipinski definition) is 4. The molecule has 1 aromatic heterocycles. The third kappa shape index (κ3) is 4.17. The number of anilines is 1. The van der Waals surface area contributed by atoms with Gasteiger partial charge in [-0.3, -0.25) is 19.5 Å². The number of imide groups is 1. The lowest BCUT2D eigenvalue weighted by atomic mass is 9.89.